The van der Waals surface area contributed by atoms with Crippen molar-refractivity contribution in [2.75, 3.05) is 38.2 Å². The Kier molecular flexibility index (Phi) is 6.20. The Morgan fingerprint density at radius 3 is 2.68 bits per heavy atom. The van der Waals surface area contributed by atoms with Gasteiger partial charge in [0.05, 0.1) is 54.6 Å². The summed E-state index contributed by atoms with van der Waals surface area (Å²) >= 11 is 0. The van der Waals surface area contributed by atoms with Gasteiger partial charge >= 0.3 is 6.18 Å². The quantitative estimate of drug-likeness (QED) is 0.498. The molecule has 0 saturated carbocycles. The lowest BCUT2D eigenvalue weighted by Gasteiger charge is -2.42. The van der Waals surface area contributed by atoms with E-state index in [0.717, 1.165) is 47.4 Å². The molecule has 4 heterocycles. The van der Waals surface area contributed by atoms with Gasteiger partial charge in [-0.05, 0) is 49.1 Å². The SMILES string of the molecule is CC1Cc2c(ccc3[nH]ncc23)C(c2ccc(NC3CN(CCCF)C3)cn2)N1CC(F)(F)F. The van der Waals surface area contributed by atoms with Gasteiger partial charge in [-0.25, -0.2) is 0 Å². The number of likely N-dealkylation sites (tertiary alicyclic amines) is 1. The molecule has 34 heavy (non-hydrogen) atoms. The van der Waals surface area contributed by atoms with Gasteiger partial charge in [0.2, 0.25) is 0 Å². The van der Waals surface area contributed by atoms with E-state index in [1.54, 1.807) is 12.4 Å². The van der Waals surface area contributed by atoms with Crippen LogP contribution in [0.1, 0.15) is 36.2 Å². The highest BCUT2D eigenvalue weighted by Gasteiger charge is 2.41. The number of halogens is 4. The Labute approximate surface area is 195 Å². The Balaban J connectivity index is 1.40. The molecule has 2 N–H and O–H groups in total. The Morgan fingerprint density at radius 1 is 1.15 bits per heavy atom. The van der Waals surface area contributed by atoms with Crippen molar-refractivity contribution in [1.29, 1.82) is 0 Å². The van der Waals surface area contributed by atoms with Gasteiger partial charge < -0.3 is 5.32 Å². The van der Waals surface area contributed by atoms with Crippen LogP contribution >= 0.6 is 0 Å². The summed E-state index contributed by atoms with van der Waals surface area (Å²) in [5.41, 5.74) is 4.16. The van der Waals surface area contributed by atoms with Crippen LogP contribution in [-0.2, 0) is 6.42 Å². The summed E-state index contributed by atoms with van der Waals surface area (Å²) in [5.74, 6) is 0. The Bertz CT molecular complexity index is 1120. The zero-order valence-electron chi connectivity index (χ0n) is 18.9. The lowest BCUT2D eigenvalue weighted by atomic mass is 9.85. The van der Waals surface area contributed by atoms with Crippen LogP contribution in [0, 0.1) is 0 Å². The number of anilines is 1. The number of hydrogen-bond donors (Lipinski definition) is 2. The molecule has 3 aromatic rings. The summed E-state index contributed by atoms with van der Waals surface area (Å²) in [7, 11) is 0. The molecule has 0 amide bonds. The van der Waals surface area contributed by atoms with Crippen LogP contribution in [0.3, 0.4) is 0 Å². The number of benzene rings is 1. The third-order valence-electron chi connectivity index (χ3n) is 6.83. The maximum atomic E-state index is 13.5. The molecule has 2 atom stereocenters. The van der Waals surface area contributed by atoms with Crippen LogP contribution in [0.5, 0.6) is 0 Å². The lowest BCUT2D eigenvalue weighted by Crippen LogP contribution is -2.54. The first-order valence-corrected chi connectivity index (χ1v) is 11.6. The number of nitrogens with zero attached hydrogens (tertiary/aromatic N) is 4. The van der Waals surface area contributed by atoms with Crippen molar-refractivity contribution >= 4 is 16.6 Å². The maximum absolute atomic E-state index is 13.5. The number of aromatic nitrogens is 3. The van der Waals surface area contributed by atoms with E-state index in [-0.39, 0.29) is 18.8 Å². The zero-order chi connectivity index (χ0) is 23.9. The molecule has 0 aliphatic carbocycles. The molecule has 2 unspecified atom stereocenters. The predicted octanol–water partition coefficient (Wildman–Crippen LogP) is 4.31. The van der Waals surface area contributed by atoms with E-state index in [0.29, 0.717) is 18.5 Å². The third-order valence-corrected chi connectivity index (χ3v) is 6.83. The van der Waals surface area contributed by atoms with E-state index in [1.165, 1.54) is 4.90 Å². The predicted molar refractivity (Wildman–Crippen MR) is 123 cm³/mol. The van der Waals surface area contributed by atoms with Gasteiger partial charge in [0.1, 0.15) is 0 Å². The van der Waals surface area contributed by atoms with Gasteiger partial charge in [0, 0.05) is 31.1 Å². The summed E-state index contributed by atoms with van der Waals surface area (Å²) in [6.07, 6.45) is 0.181. The normalized spacial score (nSPS) is 22.0. The number of alkyl halides is 4. The fourth-order valence-electron chi connectivity index (χ4n) is 5.22. The summed E-state index contributed by atoms with van der Waals surface area (Å²) < 4.78 is 52.9. The van der Waals surface area contributed by atoms with E-state index >= 15 is 0 Å². The molecule has 0 bridgehead atoms. The second-order valence-corrected chi connectivity index (χ2v) is 9.32. The van der Waals surface area contributed by atoms with E-state index < -0.39 is 18.8 Å². The third kappa shape index (κ3) is 4.61. The lowest BCUT2D eigenvalue weighted by molar-refractivity contribution is -0.155. The average molecular weight is 477 g/mol. The van der Waals surface area contributed by atoms with Gasteiger partial charge in [-0.1, -0.05) is 6.07 Å². The van der Waals surface area contributed by atoms with Crippen molar-refractivity contribution in [2.24, 2.45) is 0 Å². The average Bonchev–Trinajstić information content (AvgIpc) is 3.25. The second kappa shape index (κ2) is 9.14. The van der Waals surface area contributed by atoms with E-state index in [2.05, 4.69) is 25.4 Å². The fraction of sp³-hybridized carbons (Fsp3) is 0.500. The smallest absolute Gasteiger partial charge is 0.378 e. The fourth-order valence-corrected chi connectivity index (χ4v) is 5.22. The van der Waals surface area contributed by atoms with Gasteiger partial charge in [0.25, 0.3) is 0 Å². The molecule has 1 fully saturated rings. The van der Waals surface area contributed by atoms with Crippen molar-refractivity contribution in [1.82, 2.24) is 25.0 Å². The summed E-state index contributed by atoms with van der Waals surface area (Å²) in [6.45, 7) is 2.97. The number of fused-ring (bicyclic) bond motifs is 3. The number of rotatable bonds is 7. The largest absolute Gasteiger partial charge is 0.401 e. The summed E-state index contributed by atoms with van der Waals surface area (Å²) in [4.78, 5) is 8.29. The van der Waals surface area contributed by atoms with E-state index in [9.17, 15) is 17.6 Å². The van der Waals surface area contributed by atoms with Crippen LogP contribution in [0.2, 0.25) is 0 Å². The zero-order valence-corrected chi connectivity index (χ0v) is 18.9. The second-order valence-electron chi connectivity index (χ2n) is 9.32. The van der Waals surface area contributed by atoms with Crippen LogP contribution in [-0.4, -0.2) is 76.1 Å². The van der Waals surface area contributed by atoms with E-state index in [1.807, 2.05) is 31.2 Å². The minimum Gasteiger partial charge on any atom is -0.378 e. The van der Waals surface area contributed by atoms with Crippen LogP contribution in [0.15, 0.2) is 36.7 Å². The van der Waals surface area contributed by atoms with Crippen LogP contribution in [0.4, 0.5) is 23.2 Å². The molecule has 10 heteroatoms. The van der Waals surface area contributed by atoms with Crippen molar-refractivity contribution < 1.29 is 17.6 Å². The molecular formula is C24H28F4N6. The van der Waals surface area contributed by atoms with Gasteiger partial charge in [-0.3, -0.25) is 24.3 Å². The number of nitrogens with one attached hydrogen (secondary N) is 2. The van der Waals surface area contributed by atoms with Gasteiger partial charge in [-0.2, -0.15) is 18.3 Å². The molecule has 2 aromatic heterocycles. The molecule has 0 radical (unpaired) electrons. The summed E-state index contributed by atoms with van der Waals surface area (Å²) in [6, 6.07) is 6.81. The molecule has 2 aliphatic rings. The molecule has 1 saturated heterocycles. The highest BCUT2D eigenvalue weighted by Crippen LogP contribution is 2.41. The first-order valence-electron chi connectivity index (χ1n) is 11.6. The summed E-state index contributed by atoms with van der Waals surface area (Å²) in [5, 5.41) is 11.4. The first kappa shape index (κ1) is 23.0. The molecule has 6 nitrogen and oxygen atoms in total. The molecular weight excluding hydrogens is 448 g/mol. The molecule has 1 aromatic carbocycles. The number of hydrogen-bond acceptors (Lipinski definition) is 5. The number of H-pyrrole nitrogens is 1. The van der Waals surface area contributed by atoms with E-state index in [4.69, 9.17) is 0 Å². The van der Waals surface area contributed by atoms with Crippen molar-refractivity contribution in [3.8, 4) is 0 Å². The topological polar surface area (TPSA) is 60.1 Å². The Hall–Kier alpha value is -2.72. The Morgan fingerprint density at radius 2 is 1.97 bits per heavy atom. The standard InChI is InChI=1S/C24H28F4N6/c1-15-9-19-18(4-6-21-20(19)11-30-32-21)23(34(15)14-24(26,27)28)22-5-3-16(10-29-22)31-17-12-33(13-17)8-2-7-25/h3-6,10-11,15,17,23,31H,2,7-9,12-14H2,1H3,(H,30,32). The van der Waals surface area contributed by atoms with Gasteiger partial charge in [0.15, 0.2) is 0 Å². The molecule has 5 rings (SSSR count). The first-order chi connectivity index (χ1) is 16.3. The van der Waals surface area contributed by atoms with Crippen LogP contribution < -0.4 is 5.32 Å². The molecule has 2 aliphatic heterocycles. The molecule has 0 spiro atoms. The maximum Gasteiger partial charge on any atom is 0.401 e. The molecule has 182 valence electrons. The number of aromatic amines is 1. The highest BCUT2D eigenvalue weighted by atomic mass is 19.4. The monoisotopic (exact) mass is 476 g/mol. The minimum absolute atomic E-state index is 0.263. The van der Waals surface area contributed by atoms with Crippen molar-refractivity contribution in [3.63, 3.8) is 0 Å². The van der Waals surface area contributed by atoms with Crippen molar-refractivity contribution in [2.45, 2.75) is 44.1 Å². The van der Waals surface area contributed by atoms with Gasteiger partial charge in [-0.15, -0.1) is 0 Å². The highest BCUT2D eigenvalue weighted by molar-refractivity contribution is 5.83. The van der Waals surface area contributed by atoms with Crippen LogP contribution in [0.25, 0.3) is 10.9 Å². The van der Waals surface area contributed by atoms with Crippen molar-refractivity contribution in [3.05, 3.63) is 53.5 Å². The number of pyridine rings is 1. The minimum atomic E-state index is -4.32.